The van der Waals surface area contributed by atoms with Gasteiger partial charge in [0.25, 0.3) is 0 Å². The summed E-state index contributed by atoms with van der Waals surface area (Å²) >= 11 is 0. The third-order valence-corrected chi connectivity index (χ3v) is 3.86. The minimum atomic E-state index is -1.95. The highest BCUT2D eigenvalue weighted by atomic mass is 28.4. The summed E-state index contributed by atoms with van der Waals surface area (Å²) in [6.45, 7) is 8.69. The number of rotatable bonds is 6. The van der Waals surface area contributed by atoms with E-state index in [9.17, 15) is 4.79 Å². The Morgan fingerprint density at radius 2 is 1.95 bits per heavy atom. The molecule has 0 saturated heterocycles. The van der Waals surface area contributed by atoms with E-state index in [0.717, 1.165) is 23.7 Å². The van der Waals surface area contributed by atoms with E-state index >= 15 is 0 Å². The van der Waals surface area contributed by atoms with Gasteiger partial charge >= 0.3 is 5.97 Å². The molecule has 0 aliphatic heterocycles. The van der Waals surface area contributed by atoms with Crippen molar-refractivity contribution in [3.8, 4) is 5.88 Å². The average molecular weight is 317 g/mol. The van der Waals surface area contributed by atoms with Crippen molar-refractivity contribution in [3.63, 3.8) is 0 Å². The van der Waals surface area contributed by atoms with Crippen LogP contribution in [-0.2, 0) is 4.43 Å². The Balaban J connectivity index is 2.39. The summed E-state index contributed by atoms with van der Waals surface area (Å²) in [5.74, 6) is 0.188. The molecule has 0 aliphatic carbocycles. The van der Waals surface area contributed by atoms with Gasteiger partial charge < -0.3 is 9.16 Å². The van der Waals surface area contributed by atoms with E-state index in [4.69, 9.17) is 9.16 Å². The van der Waals surface area contributed by atoms with Gasteiger partial charge in [0.05, 0.1) is 17.7 Å². The fourth-order valence-electron chi connectivity index (χ4n) is 2.05. The second-order valence-electron chi connectivity index (χ2n) is 6.23. The van der Waals surface area contributed by atoms with Gasteiger partial charge in [-0.15, -0.1) is 0 Å². The lowest BCUT2D eigenvalue weighted by atomic mass is 10.1. The van der Waals surface area contributed by atoms with Gasteiger partial charge in [-0.25, -0.2) is 9.78 Å². The highest BCUT2D eigenvalue weighted by Gasteiger charge is 2.23. The van der Waals surface area contributed by atoms with Gasteiger partial charge in [-0.2, -0.15) is 0 Å². The minimum absolute atomic E-state index is 0.293. The Bertz CT molecular complexity index is 664. The van der Waals surface area contributed by atoms with Crippen LogP contribution in [0.3, 0.4) is 0 Å². The van der Waals surface area contributed by atoms with Crippen LogP contribution in [0.5, 0.6) is 5.88 Å². The topological polar surface area (TPSA) is 48.4 Å². The molecule has 1 heterocycles. The molecule has 2 aromatic rings. The minimum Gasteiger partial charge on any atom is -0.516 e. The second kappa shape index (κ2) is 6.92. The first-order valence-electron chi connectivity index (χ1n) is 7.66. The maximum Gasteiger partial charge on any atom is 0.325 e. The molecule has 22 heavy (non-hydrogen) atoms. The number of fused-ring (bicyclic) bond motifs is 1. The van der Waals surface area contributed by atoms with Crippen LogP contribution in [-0.4, -0.2) is 25.9 Å². The molecule has 0 aliphatic rings. The molecule has 0 N–H and O–H groups in total. The Kier molecular flexibility index (Phi) is 5.18. The molecule has 0 amide bonds. The molecule has 0 fully saturated rings. The molecule has 0 radical (unpaired) electrons. The number of ether oxygens (including phenoxy) is 1. The van der Waals surface area contributed by atoms with E-state index in [-0.39, 0.29) is 5.97 Å². The summed E-state index contributed by atoms with van der Waals surface area (Å²) in [5, 5.41) is 0.800. The van der Waals surface area contributed by atoms with Crippen molar-refractivity contribution < 1.29 is 14.0 Å². The van der Waals surface area contributed by atoms with Crippen molar-refractivity contribution in [2.45, 2.75) is 39.4 Å². The average Bonchev–Trinajstić information content (AvgIpc) is 2.45. The van der Waals surface area contributed by atoms with Gasteiger partial charge in [0.1, 0.15) is 0 Å². The smallest absolute Gasteiger partial charge is 0.325 e. The summed E-state index contributed by atoms with van der Waals surface area (Å²) in [6.07, 6.45) is 2.02. The number of para-hydroxylation sites is 1. The SMILES string of the molecule is CCCCOc1cc(C(=O)O[Si](C)(C)C)c2ccccc2n1. The summed E-state index contributed by atoms with van der Waals surface area (Å²) in [4.78, 5) is 17.0. The van der Waals surface area contributed by atoms with E-state index in [1.54, 1.807) is 6.07 Å². The molecule has 0 atom stereocenters. The van der Waals surface area contributed by atoms with Crippen LogP contribution < -0.4 is 4.74 Å². The van der Waals surface area contributed by atoms with Gasteiger partial charge in [-0.1, -0.05) is 31.5 Å². The number of hydrogen-bond acceptors (Lipinski definition) is 4. The van der Waals surface area contributed by atoms with Crippen LogP contribution in [0.1, 0.15) is 30.1 Å². The monoisotopic (exact) mass is 317 g/mol. The Morgan fingerprint density at radius 3 is 2.64 bits per heavy atom. The highest BCUT2D eigenvalue weighted by Crippen LogP contribution is 2.24. The zero-order valence-electron chi connectivity index (χ0n) is 13.7. The fourth-order valence-corrected chi connectivity index (χ4v) is 2.71. The van der Waals surface area contributed by atoms with E-state index in [0.29, 0.717) is 18.1 Å². The third kappa shape index (κ3) is 4.30. The van der Waals surface area contributed by atoms with E-state index in [1.165, 1.54) is 0 Å². The largest absolute Gasteiger partial charge is 0.516 e. The number of benzene rings is 1. The molecule has 1 aromatic carbocycles. The van der Waals surface area contributed by atoms with Crippen molar-refractivity contribution in [3.05, 3.63) is 35.9 Å². The first kappa shape index (κ1) is 16.5. The first-order chi connectivity index (χ1) is 10.4. The number of hydrogen-bond donors (Lipinski definition) is 0. The standard InChI is InChI=1S/C17H23NO3Si/c1-5-6-11-20-16-12-14(17(19)21-22(2,3)4)13-9-7-8-10-15(13)18-16/h7-10,12H,5-6,11H2,1-4H3. The second-order valence-corrected chi connectivity index (χ2v) is 10.7. The van der Waals surface area contributed by atoms with E-state index in [1.807, 2.05) is 43.9 Å². The zero-order valence-corrected chi connectivity index (χ0v) is 14.7. The maximum absolute atomic E-state index is 12.5. The van der Waals surface area contributed by atoms with Crippen molar-refractivity contribution >= 4 is 25.2 Å². The number of unbranched alkanes of at least 4 members (excludes halogenated alkanes) is 1. The molecule has 1 aromatic heterocycles. The van der Waals surface area contributed by atoms with Crippen molar-refractivity contribution in [1.29, 1.82) is 0 Å². The lowest BCUT2D eigenvalue weighted by molar-refractivity contribution is 0.0726. The lowest BCUT2D eigenvalue weighted by Gasteiger charge is -2.18. The molecular formula is C17H23NO3Si. The highest BCUT2D eigenvalue weighted by molar-refractivity contribution is 6.71. The molecule has 0 bridgehead atoms. The first-order valence-corrected chi connectivity index (χ1v) is 11.1. The zero-order chi connectivity index (χ0) is 16.2. The normalized spacial score (nSPS) is 11.5. The third-order valence-electron chi connectivity index (χ3n) is 3.06. The van der Waals surface area contributed by atoms with Crippen LogP contribution >= 0.6 is 0 Å². The number of carbonyl (C=O) groups excluding carboxylic acids is 1. The summed E-state index contributed by atoms with van der Waals surface area (Å²) in [7, 11) is -1.95. The molecule has 2 rings (SSSR count). The maximum atomic E-state index is 12.5. The summed E-state index contributed by atoms with van der Waals surface area (Å²) in [6, 6.07) is 9.26. The van der Waals surface area contributed by atoms with Gasteiger partial charge in [0.2, 0.25) is 14.2 Å². The van der Waals surface area contributed by atoms with Crippen LogP contribution in [0, 0.1) is 0 Å². The van der Waals surface area contributed by atoms with Gasteiger partial charge in [-0.05, 0) is 32.1 Å². The Morgan fingerprint density at radius 1 is 1.23 bits per heavy atom. The van der Waals surface area contributed by atoms with Crippen LogP contribution in [0.2, 0.25) is 19.6 Å². The number of carbonyl (C=O) groups is 1. The fraction of sp³-hybridized carbons (Fsp3) is 0.412. The molecule has 4 nitrogen and oxygen atoms in total. The van der Waals surface area contributed by atoms with Crippen LogP contribution in [0.15, 0.2) is 30.3 Å². The lowest BCUT2D eigenvalue weighted by Crippen LogP contribution is -2.29. The molecule has 0 spiro atoms. The van der Waals surface area contributed by atoms with Crippen LogP contribution in [0.25, 0.3) is 10.9 Å². The molecule has 0 unspecified atom stereocenters. The van der Waals surface area contributed by atoms with Crippen molar-refractivity contribution in [1.82, 2.24) is 4.98 Å². The molecule has 118 valence electrons. The summed E-state index contributed by atoms with van der Waals surface area (Å²) < 4.78 is 11.3. The predicted molar refractivity (Wildman–Crippen MR) is 90.9 cm³/mol. The predicted octanol–water partition coefficient (Wildman–Crippen LogP) is 4.41. The number of pyridine rings is 1. The quantitative estimate of drug-likeness (QED) is 0.585. The molecular weight excluding hydrogens is 294 g/mol. The van der Waals surface area contributed by atoms with Crippen LogP contribution in [0.4, 0.5) is 0 Å². The van der Waals surface area contributed by atoms with E-state index < -0.39 is 8.32 Å². The Labute approximate surface area is 132 Å². The summed E-state index contributed by atoms with van der Waals surface area (Å²) in [5.41, 5.74) is 1.28. The number of aromatic nitrogens is 1. The Hall–Kier alpha value is -1.88. The van der Waals surface area contributed by atoms with Crippen molar-refractivity contribution in [2.24, 2.45) is 0 Å². The van der Waals surface area contributed by atoms with Gasteiger partial charge in [0, 0.05) is 11.5 Å². The van der Waals surface area contributed by atoms with E-state index in [2.05, 4.69) is 11.9 Å². The van der Waals surface area contributed by atoms with Gasteiger partial charge in [0.15, 0.2) is 0 Å². The molecule has 5 heteroatoms. The van der Waals surface area contributed by atoms with Crippen molar-refractivity contribution in [2.75, 3.05) is 6.61 Å². The van der Waals surface area contributed by atoms with Gasteiger partial charge in [-0.3, -0.25) is 0 Å². The number of nitrogens with zero attached hydrogens (tertiary/aromatic N) is 1. The molecule has 0 saturated carbocycles.